The molecule has 1 spiro atoms. The van der Waals surface area contributed by atoms with Gasteiger partial charge in [-0.2, -0.15) is 0 Å². The second-order valence-corrected chi connectivity index (χ2v) is 5.81. The molecule has 0 radical (unpaired) electrons. The highest BCUT2D eigenvalue weighted by Crippen LogP contribution is 2.39. The van der Waals surface area contributed by atoms with Crippen LogP contribution in [0.5, 0.6) is 0 Å². The van der Waals surface area contributed by atoms with E-state index in [9.17, 15) is 4.79 Å². The Labute approximate surface area is 110 Å². The quantitative estimate of drug-likeness (QED) is 0.709. The van der Waals surface area contributed by atoms with E-state index >= 15 is 0 Å². The van der Waals surface area contributed by atoms with E-state index in [1.165, 1.54) is 32.1 Å². The Morgan fingerprint density at radius 2 is 2.11 bits per heavy atom. The van der Waals surface area contributed by atoms with Gasteiger partial charge >= 0.3 is 0 Å². The molecule has 104 valence electrons. The number of carbonyl (C=O) groups is 1. The Hall–Kier alpha value is -0.610. The summed E-state index contributed by atoms with van der Waals surface area (Å²) in [6, 6.07) is 0.602. The molecule has 0 aromatic heterocycles. The Bertz CT molecular complexity index is 275. The van der Waals surface area contributed by atoms with E-state index in [0.717, 1.165) is 32.4 Å². The average Bonchev–Trinajstić information content (AvgIpc) is 2.76. The Morgan fingerprint density at radius 1 is 1.33 bits per heavy atom. The fourth-order valence-electron chi connectivity index (χ4n) is 3.30. The van der Waals surface area contributed by atoms with Crippen LogP contribution in [0.15, 0.2) is 0 Å². The first-order valence-electron chi connectivity index (χ1n) is 7.36. The zero-order chi connectivity index (χ0) is 12.8. The minimum absolute atomic E-state index is 0.189. The predicted molar refractivity (Wildman–Crippen MR) is 71.2 cm³/mol. The third kappa shape index (κ3) is 3.95. The summed E-state index contributed by atoms with van der Waals surface area (Å²) in [6.45, 7) is 1.90. The zero-order valence-electron chi connectivity index (χ0n) is 11.2. The molecule has 1 unspecified atom stereocenters. The van der Waals surface area contributed by atoms with Crippen molar-refractivity contribution in [2.75, 3.05) is 13.2 Å². The number of amides is 1. The minimum atomic E-state index is -0.189. The highest BCUT2D eigenvalue weighted by molar-refractivity contribution is 5.73. The number of nitrogens with one attached hydrogen (secondary N) is 1. The normalized spacial score (nSPS) is 26.6. The molecular formula is C14H26N2O2. The van der Waals surface area contributed by atoms with Crippen molar-refractivity contribution in [3.05, 3.63) is 0 Å². The van der Waals surface area contributed by atoms with Gasteiger partial charge in [0.05, 0.1) is 5.60 Å². The van der Waals surface area contributed by atoms with Crippen LogP contribution in [-0.2, 0) is 9.53 Å². The van der Waals surface area contributed by atoms with E-state index in [0.29, 0.717) is 12.5 Å². The van der Waals surface area contributed by atoms with E-state index in [4.69, 9.17) is 10.5 Å². The van der Waals surface area contributed by atoms with Gasteiger partial charge in [-0.25, -0.2) is 0 Å². The van der Waals surface area contributed by atoms with Gasteiger partial charge in [0.2, 0.25) is 5.91 Å². The van der Waals surface area contributed by atoms with Gasteiger partial charge in [0, 0.05) is 19.1 Å². The fourth-order valence-corrected chi connectivity index (χ4v) is 3.30. The smallest absolute Gasteiger partial charge is 0.217 e. The van der Waals surface area contributed by atoms with Crippen LogP contribution in [-0.4, -0.2) is 30.7 Å². The summed E-state index contributed by atoms with van der Waals surface area (Å²) in [5.74, 6) is -0.189. The number of hydrogen-bond donors (Lipinski definition) is 2. The van der Waals surface area contributed by atoms with Crippen molar-refractivity contribution >= 4 is 5.91 Å². The number of ether oxygens (including phenoxy) is 1. The van der Waals surface area contributed by atoms with Gasteiger partial charge in [-0.3, -0.25) is 4.79 Å². The number of unbranched alkanes of at least 4 members (excludes halogenated alkanes) is 1. The number of rotatable bonds is 6. The predicted octanol–water partition coefficient (Wildman–Crippen LogP) is 1.72. The lowest BCUT2D eigenvalue weighted by atomic mass is 9.89. The summed E-state index contributed by atoms with van der Waals surface area (Å²) in [4.78, 5) is 10.6. The molecule has 18 heavy (non-hydrogen) atoms. The lowest BCUT2D eigenvalue weighted by Crippen LogP contribution is -2.45. The molecule has 2 aliphatic rings. The van der Waals surface area contributed by atoms with Gasteiger partial charge in [0.1, 0.15) is 0 Å². The molecule has 1 amide bonds. The fraction of sp³-hybridized carbons (Fsp3) is 0.929. The van der Waals surface area contributed by atoms with Crippen molar-refractivity contribution in [3.8, 4) is 0 Å². The molecule has 3 N–H and O–H groups in total. The second-order valence-electron chi connectivity index (χ2n) is 5.81. The minimum Gasteiger partial charge on any atom is -0.375 e. The molecule has 0 aromatic rings. The van der Waals surface area contributed by atoms with E-state index in [-0.39, 0.29) is 11.5 Å². The van der Waals surface area contributed by atoms with Crippen molar-refractivity contribution < 1.29 is 9.53 Å². The summed E-state index contributed by atoms with van der Waals surface area (Å²) in [5.41, 5.74) is 5.32. The highest BCUT2D eigenvalue weighted by Gasteiger charge is 2.39. The third-order valence-electron chi connectivity index (χ3n) is 4.29. The summed E-state index contributed by atoms with van der Waals surface area (Å²) in [6.07, 6.45) is 9.88. The standard InChI is InChI=1S/C14H26N2O2/c15-13(17)5-1-4-9-16-12-6-10-18-14(11-12)7-2-3-8-14/h12,16H,1-11H2,(H2,15,17). The van der Waals surface area contributed by atoms with Gasteiger partial charge in [0.15, 0.2) is 0 Å². The first kappa shape index (κ1) is 13.8. The zero-order valence-corrected chi connectivity index (χ0v) is 11.2. The largest absolute Gasteiger partial charge is 0.375 e. The lowest BCUT2D eigenvalue weighted by Gasteiger charge is -2.38. The number of primary amides is 1. The van der Waals surface area contributed by atoms with Crippen LogP contribution in [0.2, 0.25) is 0 Å². The average molecular weight is 254 g/mol. The van der Waals surface area contributed by atoms with Gasteiger partial charge < -0.3 is 15.8 Å². The Kier molecular flexibility index (Phi) is 5.01. The van der Waals surface area contributed by atoms with Crippen molar-refractivity contribution in [3.63, 3.8) is 0 Å². The van der Waals surface area contributed by atoms with Crippen LogP contribution in [0.25, 0.3) is 0 Å². The van der Waals surface area contributed by atoms with Crippen LogP contribution in [0.4, 0.5) is 0 Å². The van der Waals surface area contributed by atoms with Gasteiger partial charge in [-0.15, -0.1) is 0 Å². The van der Waals surface area contributed by atoms with E-state index in [1.54, 1.807) is 0 Å². The monoisotopic (exact) mass is 254 g/mol. The topological polar surface area (TPSA) is 64.4 Å². The van der Waals surface area contributed by atoms with Gasteiger partial charge in [-0.1, -0.05) is 12.8 Å². The van der Waals surface area contributed by atoms with Gasteiger partial charge in [0.25, 0.3) is 0 Å². The number of nitrogens with two attached hydrogens (primary N) is 1. The van der Waals surface area contributed by atoms with Crippen LogP contribution in [0.3, 0.4) is 0 Å². The molecule has 1 atom stereocenters. The van der Waals surface area contributed by atoms with Crippen LogP contribution in [0.1, 0.15) is 57.8 Å². The van der Waals surface area contributed by atoms with Crippen LogP contribution >= 0.6 is 0 Å². The molecule has 1 aliphatic carbocycles. The Balaban J connectivity index is 1.62. The van der Waals surface area contributed by atoms with Crippen LogP contribution < -0.4 is 11.1 Å². The van der Waals surface area contributed by atoms with E-state index in [2.05, 4.69) is 5.32 Å². The maximum absolute atomic E-state index is 10.6. The maximum atomic E-state index is 10.6. The summed E-state index contributed by atoms with van der Waals surface area (Å²) in [5, 5.41) is 3.61. The number of hydrogen-bond acceptors (Lipinski definition) is 3. The molecule has 4 nitrogen and oxygen atoms in total. The molecular weight excluding hydrogens is 228 g/mol. The summed E-state index contributed by atoms with van der Waals surface area (Å²) < 4.78 is 6.01. The van der Waals surface area contributed by atoms with Crippen molar-refractivity contribution in [1.82, 2.24) is 5.32 Å². The summed E-state index contributed by atoms with van der Waals surface area (Å²) >= 11 is 0. The molecule has 1 heterocycles. The third-order valence-corrected chi connectivity index (χ3v) is 4.29. The van der Waals surface area contributed by atoms with Crippen molar-refractivity contribution in [1.29, 1.82) is 0 Å². The number of carbonyl (C=O) groups excluding carboxylic acids is 1. The molecule has 1 saturated carbocycles. The first-order valence-corrected chi connectivity index (χ1v) is 7.36. The molecule has 2 fully saturated rings. The van der Waals surface area contributed by atoms with E-state index in [1.807, 2.05) is 0 Å². The van der Waals surface area contributed by atoms with Gasteiger partial charge in [-0.05, 0) is 45.1 Å². The summed E-state index contributed by atoms with van der Waals surface area (Å²) in [7, 11) is 0. The van der Waals surface area contributed by atoms with Crippen molar-refractivity contribution in [2.24, 2.45) is 5.73 Å². The van der Waals surface area contributed by atoms with Crippen LogP contribution in [0, 0.1) is 0 Å². The molecule has 4 heteroatoms. The molecule has 2 rings (SSSR count). The lowest BCUT2D eigenvalue weighted by molar-refractivity contribution is -0.118. The molecule has 0 aromatic carbocycles. The van der Waals surface area contributed by atoms with Crippen molar-refractivity contribution in [2.45, 2.75) is 69.4 Å². The molecule has 1 aliphatic heterocycles. The molecule has 0 bridgehead atoms. The SMILES string of the molecule is NC(=O)CCCCNC1CCOC2(CCCC2)C1. The first-order chi connectivity index (χ1) is 8.70. The molecule has 1 saturated heterocycles. The maximum Gasteiger partial charge on any atom is 0.217 e. The highest BCUT2D eigenvalue weighted by atomic mass is 16.5. The second kappa shape index (κ2) is 6.53. The Morgan fingerprint density at radius 3 is 2.83 bits per heavy atom. The van der Waals surface area contributed by atoms with E-state index < -0.39 is 0 Å².